The lowest BCUT2D eigenvalue weighted by Crippen LogP contribution is -2.37. The highest BCUT2D eigenvalue weighted by Gasteiger charge is 2.02. The molecule has 0 unspecified atom stereocenters. The molecular weight excluding hydrogens is 338 g/mol. The lowest BCUT2D eigenvalue weighted by atomic mass is 10.1. The van der Waals surface area contributed by atoms with Gasteiger partial charge in [-0.2, -0.15) is 5.10 Å². The molecule has 0 aliphatic rings. The maximum Gasteiger partial charge on any atom is 0.191 e. The summed E-state index contributed by atoms with van der Waals surface area (Å²) in [4.78, 5) is 4.29. The molecule has 0 atom stereocenters. The molecule has 0 aliphatic carbocycles. The highest BCUT2D eigenvalue weighted by Crippen LogP contribution is 2.07. The number of aryl methyl sites for hydroxylation is 3. The van der Waals surface area contributed by atoms with E-state index < -0.39 is 0 Å². The average molecular weight is 372 g/mol. The Kier molecular flexibility index (Phi) is 8.33. The van der Waals surface area contributed by atoms with Crippen molar-refractivity contribution in [2.45, 2.75) is 59.9 Å². The molecule has 0 saturated carbocycles. The number of nitrogens with zero attached hydrogens (tertiary/aromatic N) is 3. The highest BCUT2D eigenvalue weighted by molar-refractivity contribution is 5.79. The predicted octanol–water partition coefficient (Wildman–Crippen LogP) is 3.18. The largest absolute Gasteiger partial charge is 0.374 e. The molecule has 0 aliphatic heterocycles. The molecule has 0 spiro atoms. The topological polar surface area (TPSA) is 63.5 Å². The SMILES string of the molecule is CN=C(NCCCn1nc(C)cc1C)NCc1ccc(COC(C)C)cc1. The van der Waals surface area contributed by atoms with Crippen LogP contribution in [0.15, 0.2) is 35.3 Å². The van der Waals surface area contributed by atoms with Gasteiger partial charge in [-0.25, -0.2) is 0 Å². The Hall–Kier alpha value is -2.34. The molecule has 0 amide bonds. The fourth-order valence-electron chi connectivity index (χ4n) is 2.76. The van der Waals surface area contributed by atoms with Crippen molar-refractivity contribution in [3.8, 4) is 0 Å². The van der Waals surface area contributed by atoms with Gasteiger partial charge >= 0.3 is 0 Å². The molecule has 0 radical (unpaired) electrons. The van der Waals surface area contributed by atoms with Crippen LogP contribution in [0.2, 0.25) is 0 Å². The number of rotatable bonds is 9. The van der Waals surface area contributed by atoms with Crippen LogP contribution in [0, 0.1) is 13.8 Å². The smallest absolute Gasteiger partial charge is 0.191 e. The molecule has 2 rings (SSSR count). The summed E-state index contributed by atoms with van der Waals surface area (Å²) in [5, 5.41) is 11.2. The van der Waals surface area contributed by atoms with E-state index in [2.05, 4.69) is 62.7 Å². The second kappa shape index (κ2) is 10.7. The quantitative estimate of drug-likeness (QED) is 0.404. The molecule has 0 fully saturated rings. The molecule has 2 aromatic rings. The van der Waals surface area contributed by atoms with E-state index in [-0.39, 0.29) is 6.10 Å². The molecule has 27 heavy (non-hydrogen) atoms. The van der Waals surface area contributed by atoms with Gasteiger partial charge in [-0.3, -0.25) is 9.67 Å². The molecule has 1 heterocycles. The number of hydrogen-bond acceptors (Lipinski definition) is 3. The van der Waals surface area contributed by atoms with Gasteiger partial charge in [0.2, 0.25) is 0 Å². The zero-order valence-corrected chi connectivity index (χ0v) is 17.2. The van der Waals surface area contributed by atoms with E-state index in [1.54, 1.807) is 7.05 Å². The second-order valence-electron chi connectivity index (χ2n) is 7.03. The monoisotopic (exact) mass is 371 g/mol. The lowest BCUT2D eigenvalue weighted by molar-refractivity contribution is 0.0657. The van der Waals surface area contributed by atoms with E-state index in [1.165, 1.54) is 16.8 Å². The van der Waals surface area contributed by atoms with Gasteiger partial charge in [0, 0.05) is 32.4 Å². The first kappa shape index (κ1) is 21.0. The summed E-state index contributed by atoms with van der Waals surface area (Å²) in [7, 11) is 1.79. The number of aromatic nitrogens is 2. The first-order valence-corrected chi connectivity index (χ1v) is 9.63. The van der Waals surface area contributed by atoms with Crippen molar-refractivity contribution in [1.82, 2.24) is 20.4 Å². The predicted molar refractivity (Wildman–Crippen MR) is 111 cm³/mol. The van der Waals surface area contributed by atoms with Gasteiger partial charge in [0.25, 0.3) is 0 Å². The summed E-state index contributed by atoms with van der Waals surface area (Å²) in [6.45, 7) is 11.4. The molecular formula is C21H33N5O. The first-order valence-electron chi connectivity index (χ1n) is 9.63. The summed E-state index contributed by atoms with van der Waals surface area (Å²) < 4.78 is 7.68. The Labute approximate surface area is 163 Å². The van der Waals surface area contributed by atoms with Crippen LogP contribution in [0.1, 0.15) is 42.8 Å². The fraction of sp³-hybridized carbons (Fsp3) is 0.524. The van der Waals surface area contributed by atoms with E-state index in [0.717, 1.165) is 37.7 Å². The van der Waals surface area contributed by atoms with Crippen LogP contribution < -0.4 is 10.6 Å². The van der Waals surface area contributed by atoms with Gasteiger partial charge in [-0.15, -0.1) is 0 Å². The maximum absolute atomic E-state index is 5.63. The van der Waals surface area contributed by atoms with Gasteiger partial charge in [0.15, 0.2) is 5.96 Å². The van der Waals surface area contributed by atoms with Crippen molar-refractivity contribution in [3.05, 3.63) is 52.8 Å². The summed E-state index contributed by atoms with van der Waals surface area (Å²) in [5.74, 6) is 0.815. The summed E-state index contributed by atoms with van der Waals surface area (Å²) in [6.07, 6.45) is 1.25. The fourth-order valence-corrected chi connectivity index (χ4v) is 2.76. The van der Waals surface area contributed by atoms with Crippen LogP contribution in [-0.2, 0) is 24.4 Å². The standard InChI is InChI=1S/C21H33N5O/c1-16(2)27-15-20-9-7-19(8-10-20)14-24-21(22-5)23-11-6-12-26-18(4)13-17(3)25-26/h7-10,13,16H,6,11-12,14-15H2,1-5H3,(H2,22,23,24). The third-order valence-electron chi connectivity index (χ3n) is 4.23. The van der Waals surface area contributed by atoms with E-state index in [0.29, 0.717) is 6.61 Å². The molecule has 148 valence electrons. The normalized spacial score (nSPS) is 11.9. The molecule has 0 saturated heterocycles. The van der Waals surface area contributed by atoms with Crippen LogP contribution in [0.25, 0.3) is 0 Å². The molecule has 1 aromatic heterocycles. The van der Waals surface area contributed by atoms with Crippen molar-refractivity contribution < 1.29 is 4.74 Å². The van der Waals surface area contributed by atoms with Crippen molar-refractivity contribution in [2.24, 2.45) is 4.99 Å². The van der Waals surface area contributed by atoms with E-state index in [4.69, 9.17) is 4.74 Å². The summed E-state index contributed by atoms with van der Waals surface area (Å²) >= 11 is 0. The van der Waals surface area contributed by atoms with Crippen LogP contribution in [-0.4, -0.2) is 35.4 Å². The van der Waals surface area contributed by atoms with Crippen LogP contribution in [0.4, 0.5) is 0 Å². The number of nitrogens with one attached hydrogen (secondary N) is 2. The number of aliphatic imine (C=N–C) groups is 1. The molecule has 0 bridgehead atoms. The third kappa shape index (κ3) is 7.43. The zero-order chi connectivity index (χ0) is 19.6. The molecule has 1 aromatic carbocycles. The van der Waals surface area contributed by atoms with Crippen LogP contribution >= 0.6 is 0 Å². The zero-order valence-electron chi connectivity index (χ0n) is 17.2. The van der Waals surface area contributed by atoms with Crippen LogP contribution in [0.3, 0.4) is 0 Å². The Balaban J connectivity index is 1.69. The van der Waals surface area contributed by atoms with Gasteiger partial charge in [-0.1, -0.05) is 24.3 Å². The number of benzene rings is 1. The first-order chi connectivity index (χ1) is 13.0. The van der Waals surface area contributed by atoms with Gasteiger partial charge in [-0.05, 0) is 51.3 Å². The van der Waals surface area contributed by atoms with Crippen molar-refractivity contribution in [2.75, 3.05) is 13.6 Å². The van der Waals surface area contributed by atoms with Crippen molar-refractivity contribution >= 4 is 5.96 Å². The van der Waals surface area contributed by atoms with Gasteiger partial charge in [0.1, 0.15) is 0 Å². The Morgan fingerprint density at radius 2 is 1.85 bits per heavy atom. The maximum atomic E-state index is 5.63. The van der Waals surface area contributed by atoms with Gasteiger partial charge in [0.05, 0.1) is 18.4 Å². The number of ether oxygens (including phenoxy) is 1. The van der Waals surface area contributed by atoms with Crippen molar-refractivity contribution in [3.63, 3.8) is 0 Å². The van der Waals surface area contributed by atoms with Crippen molar-refractivity contribution in [1.29, 1.82) is 0 Å². The Morgan fingerprint density at radius 1 is 1.15 bits per heavy atom. The van der Waals surface area contributed by atoms with Crippen LogP contribution in [0.5, 0.6) is 0 Å². The van der Waals surface area contributed by atoms with E-state index in [9.17, 15) is 0 Å². The van der Waals surface area contributed by atoms with Gasteiger partial charge < -0.3 is 15.4 Å². The minimum atomic E-state index is 0.252. The third-order valence-corrected chi connectivity index (χ3v) is 4.23. The van der Waals surface area contributed by atoms with E-state index in [1.807, 2.05) is 20.8 Å². The molecule has 6 nitrogen and oxygen atoms in total. The number of guanidine groups is 1. The highest BCUT2D eigenvalue weighted by atomic mass is 16.5. The summed E-state index contributed by atoms with van der Waals surface area (Å²) in [5.41, 5.74) is 4.69. The second-order valence-corrected chi connectivity index (χ2v) is 7.03. The van der Waals surface area contributed by atoms with E-state index >= 15 is 0 Å². The summed E-state index contributed by atoms with van der Waals surface area (Å²) in [6, 6.07) is 10.6. The minimum absolute atomic E-state index is 0.252. The lowest BCUT2D eigenvalue weighted by Gasteiger charge is -2.13. The molecule has 2 N–H and O–H groups in total. The minimum Gasteiger partial charge on any atom is -0.374 e. The average Bonchev–Trinajstić information content (AvgIpc) is 2.97. The Morgan fingerprint density at radius 3 is 2.44 bits per heavy atom. The molecule has 6 heteroatoms. The number of hydrogen-bond donors (Lipinski definition) is 2. The Bertz CT molecular complexity index is 719.